The number of carbonyl (C=O) groups is 2. The van der Waals surface area contributed by atoms with Crippen LogP contribution in [0.5, 0.6) is 0 Å². The van der Waals surface area contributed by atoms with Crippen molar-refractivity contribution in [1.82, 2.24) is 0 Å². The molecule has 0 aromatic heterocycles. The van der Waals surface area contributed by atoms with E-state index < -0.39 is 23.2 Å². The summed E-state index contributed by atoms with van der Waals surface area (Å²) < 4.78 is 4.75. The van der Waals surface area contributed by atoms with Crippen molar-refractivity contribution in [3.63, 3.8) is 0 Å². The summed E-state index contributed by atoms with van der Waals surface area (Å²) in [4.78, 5) is 21.8. The number of ether oxygens (including phenoxy) is 1. The van der Waals surface area contributed by atoms with Gasteiger partial charge in [0.2, 0.25) is 0 Å². The normalized spacial score (nSPS) is 14.2. The second-order valence-electron chi connectivity index (χ2n) is 3.25. The highest BCUT2D eigenvalue weighted by Gasteiger charge is 2.18. The van der Waals surface area contributed by atoms with Crippen LogP contribution >= 0.6 is 11.8 Å². The largest absolute Gasteiger partial charge is 0.480 e. The van der Waals surface area contributed by atoms with Gasteiger partial charge in [0.25, 0.3) is 0 Å². The third-order valence-corrected chi connectivity index (χ3v) is 3.39. The van der Waals surface area contributed by atoms with Gasteiger partial charge in [-0.1, -0.05) is 6.92 Å². The minimum absolute atomic E-state index is 0.312. The molecule has 0 bridgehead atoms. The number of carboxylic acid groups (broad SMARTS) is 1. The maximum absolute atomic E-state index is 11.1. The molecule has 0 rings (SSSR count). The average Bonchev–Trinajstić information content (AvgIpc) is 2.23. The summed E-state index contributed by atoms with van der Waals surface area (Å²) in [6.07, 6.45) is 1.00. The molecule has 0 fully saturated rings. The molecule has 2 unspecified atom stereocenters. The second-order valence-corrected chi connectivity index (χ2v) is 4.56. The molecule has 0 saturated carbocycles. The second kappa shape index (κ2) is 8.41. The van der Waals surface area contributed by atoms with Gasteiger partial charge < -0.3 is 15.6 Å². The maximum Gasteiger partial charge on any atom is 0.322 e. The van der Waals surface area contributed by atoms with Gasteiger partial charge in [0.1, 0.15) is 11.3 Å². The lowest BCUT2D eigenvalue weighted by molar-refractivity contribution is -0.144. The van der Waals surface area contributed by atoms with E-state index in [0.29, 0.717) is 25.2 Å². The zero-order valence-corrected chi connectivity index (χ0v) is 10.5. The van der Waals surface area contributed by atoms with Crippen molar-refractivity contribution in [2.24, 2.45) is 5.73 Å². The smallest absolute Gasteiger partial charge is 0.322 e. The molecular formula is C10H19NO4S. The molecular weight excluding hydrogens is 230 g/mol. The Labute approximate surface area is 99.7 Å². The van der Waals surface area contributed by atoms with Crippen LogP contribution < -0.4 is 5.73 Å². The number of carbonyl (C=O) groups excluding carboxylic acids is 1. The first kappa shape index (κ1) is 15.2. The van der Waals surface area contributed by atoms with E-state index in [2.05, 4.69) is 0 Å². The van der Waals surface area contributed by atoms with Gasteiger partial charge in [0, 0.05) is 0 Å². The van der Waals surface area contributed by atoms with Gasteiger partial charge in [0.15, 0.2) is 0 Å². The molecule has 6 heteroatoms. The topological polar surface area (TPSA) is 89.6 Å². The number of nitrogens with two attached hydrogens (primary N) is 1. The van der Waals surface area contributed by atoms with Gasteiger partial charge in [-0.25, -0.2) is 0 Å². The summed E-state index contributed by atoms with van der Waals surface area (Å²) in [6, 6.07) is -0.654. The average molecular weight is 249 g/mol. The van der Waals surface area contributed by atoms with Gasteiger partial charge in [-0.2, -0.15) is 0 Å². The summed E-state index contributed by atoms with van der Waals surface area (Å²) in [5.41, 5.74) is 5.57. The van der Waals surface area contributed by atoms with E-state index in [9.17, 15) is 9.59 Å². The lowest BCUT2D eigenvalue weighted by atomic mass is 10.2. The molecule has 94 valence electrons. The van der Waals surface area contributed by atoms with Crippen molar-refractivity contribution < 1.29 is 19.4 Å². The lowest BCUT2D eigenvalue weighted by Gasteiger charge is -2.12. The molecule has 5 nitrogen and oxygen atoms in total. The monoisotopic (exact) mass is 249 g/mol. The molecule has 16 heavy (non-hydrogen) atoms. The summed E-state index contributed by atoms with van der Waals surface area (Å²) in [5.74, 6) is -0.700. The van der Waals surface area contributed by atoms with E-state index >= 15 is 0 Å². The highest BCUT2D eigenvalue weighted by atomic mass is 32.2. The Morgan fingerprint density at radius 3 is 2.50 bits per heavy atom. The highest BCUT2D eigenvalue weighted by molar-refractivity contribution is 8.00. The van der Waals surface area contributed by atoms with E-state index in [4.69, 9.17) is 15.6 Å². The SMILES string of the molecule is CCOC(=O)C(N)CCSC(CC)C(=O)O. The molecule has 0 saturated heterocycles. The van der Waals surface area contributed by atoms with Gasteiger partial charge >= 0.3 is 11.9 Å². The third kappa shape index (κ3) is 5.97. The highest BCUT2D eigenvalue weighted by Crippen LogP contribution is 2.16. The third-order valence-electron chi connectivity index (χ3n) is 1.98. The fourth-order valence-corrected chi connectivity index (χ4v) is 2.12. The molecule has 0 amide bonds. The van der Waals surface area contributed by atoms with Crippen molar-refractivity contribution >= 4 is 23.7 Å². The summed E-state index contributed by atoms with van der Waals surface area (Å²) in [6.45, 7) is 3.85. The van der Waals surface area contributed by atoms with E-state index in [1.165, 1.54) is 11.8 Å². The van der Waals surface area contributed by atoms with Crippen molar-refractivity contribution in [3.8, 4) is 0 Å². The fraction of sp³-hybridized carbons (Fsp3) is 0.800. The molecule has 0 radical (unpaired) electrons. The Bertz CT molecular complexity index is 235. The van der Waals surface area contributed by atoms with Gasteiger partial charge in [-0.05, 0) is 25.5 Å². The van der Waals surface area contributed by atoms with E-state index in [0.717, 1.165) is 0 Å². The van der Waals surface area contributed by atoms with E-state index in [1.54, 1.807) is 6.92 Å². The molecule has 0 spiro atoms. The fourth-order valence-electron chi connectivity index (χ4n) is 1.07. The van der Waals surface area contributed by atoms with Crippen LogP contribution in [0.1, 0.15) is 26.7 Å². The summed E-state index contributed by atoms with van der Waals surface area (Å²) in [7, 11) is 0. The number of aliphatic carboxylic acids is 1. The van der Waals surface area contributed by atoms with Gasteiger partial charge in [0.05, 0.1) is 6.61 Å². The zero-order chi connectivity index (χ0) is 12.6. The Kier molecular flexibility index (Phi) is 8.01. The Hall–Kier alpha value is -0.750. The number of esters is 1. The van der Waals surface area contributed by atoms with E-state index in [-0.39, 0.29) is 0 Å². The molecule has 2 atom stereocenters. The zero-order valence-electron chi connectivity index (χ0n) is 9.64. The minimum Gasteiger partial charge on any atom is -0.480 e. The first-order chi connectivity index (χ1) is 7.52. The van der Waals surface area contributed by atoms with Crippen LogP contribution in [-0.4, -0.2) is 40.7 Å². The quantitative estimate of drug-likeness (QED) is 0.620. The van der Waals surface area contributed by atoms with Crippen molar-refractivity contribution in [2.45, 2.75) is 38.0 Å². The summed E-state index contributed by atoms with van der Waals surface area (Å²) >= 11 is 1.31. The van der Waals surface area contributed by atoms with Gasteiger partial charge in [-0.3, -0.25) is 9.59 Å². The van der Waals surface area contributed by atoms with Crippen molar-refractivity contribution in [3.05, 3.63) is 0 Å². The lowest BCUT2D eigenvalue weighted by Crippen LogP contribution is -2.33. The Balaban J connectivity index is 3.80. The Morgan fingerprint density at radius 1 is 1.44 bits per heavy atom. The van der Waals surface area contributed by atoms with Crippen LogP contribution in [0.25, 0.3) is 0 Å². The molecule has 0 aliphatic heterocycles. The number of hydrogen-bond acceptors (Lipinski definition) is 5. The molecule has 3 N–H and O–H groups in total. The molecule has 0 aromatic rings. The van der Waals surface area contributed by atoms with Crippen LogP contribution in [0, 0.1) is 0 Å². The summed E-state index contributed by atoms with van der Waals surface area (Å²) in [5, 5.41) is 8.37. The van der Waals surface area contributed by atoms with Crippen molar-refractivity contribution in [2.75, 3.05) is 12.4 Å². The predicted molar refractivity (Wildman–Crippen MR) is 63.4 cm³/mol. The van der Waals surface area contributed by atoms with E-state index in [1.807, 2.05) is 6.92 Å². The first-order valence-electron chi connectivity index (χ1n) is 5.29. The minimum atomic E-state index is -0.822. The van der Waals surface area contributed by atoms with Gasteiger partial charge in [-0.15, -0.1) is 11.8 Å². The van der Waals surface area contributed by atoms with Crippen LogP contribution in [0.4, 0.5) is 0 Å². The predicted octanol–water partition coefficient (Wildman–Crippen LogP) is 0.863. The number of rotatable bonds is 8. The number of carboxylic acids is 1. The molecule has 0 aromatic carbocycles. The standard InChI is InChI=1S/C10H19NO4S/c1-3-8(9(12)13)16-6-5-7(11)10(14)15-4-2/h7-8H,3-6,11H2,1-2H3,(H,12,13). The molecule has 0 heterocycles. The van der Waals surface area contributed by atoms with Crippen molar-refractivity contribution in [1.29, 1.82) is 0 Å². The first-order valence-corrected chi connectivity index (χ1v) is 6.34. The molecule has 0 aliphatic carbocycles. The Morgan fingerprint density at radius 2 is 2.06 bits per heavy atom. The molecule has 0 aliphatic rings. The van der Waals surface area contributed by atoms with Crippen LogP contribution in [0.3, 0.4) is 0 Å². The maximum atomic E-state index is 11.1. The number of hydrogen-bond donors (Lipinski definition) is 2. The number of thioether (sulfide) groups is 1. The van der Waals surface area contributed by atoms with Crippen LogP contribution in [0.15, 0.2) is 0 Å². The van der Waals surface area contributed by atoms with Crippen LogP contribution in [-0.2, 0) is 14.3 Å². The van der Waals surface area contributed by atoms with Crippen LogP contribution in [0.2, 0.25) is 0 Å².